The lowest BCUT2D eigenvalue weighted by Gasteiger charge is -1.84. The third kappa shape index (κ3) is 1.15. The maximum atomic E-state index is 3.95. The molecule has 44 valence electrons. The maximum Gasteiger partial charge on any atom is 0.176 e. The van der Waals surface area contributed by atoms with Crippen LogP contribution in [0.4, 0.5) is 0 Å². The van der Waals surface area contributed by atoms with E-state index in [-0.39, 0.29) is 0 Å². The van der Waals surface area contributed by atoms with Crippen LogP contribution in [-0.2, 0) is 0 Å². The standard InChI is InChI=1S/C3H4N2S3/c6-2-1-5(8)3(7)4-2/h1,6,8H,(H,4,7). The van der Waals surface area contributed by atoms with Crippen molar-refractivity contribution in [2.45, 2.75) is 10.2 Å². The third-order valence-electron chi connectivity index (χ3n) is 0.657. The Bertz CT molecular complexity index is 175. The van der Waals surface area contributed by atoms with Gasteiger partial charge in [0, 0.05) is 0 Å². The van der Waals surface area contributed by atoms with Gasteiger partial charge in [-0.05, 0) is 0 Å². The average molecular weight is 164 g/mol. The number of nitrogens with zero attached hydrogens (tertiary/aromatic N) is 2. The summed E-state index contributed by atoms with van der Waals surface area (Å²) in [4.78, 5) is 3.83. The molecular weight excluding hydrogens is 160 g/mol. The van der Waals surface area contributed by atoms with E-state index in [4.69, 9.17) is 0 Å². The van der Waals surface area contributed by atoms with E-state index < -0.39 is 0 Å². The molecule has 2 nitrogen and oxygen atoms in total. The fourth-order valence-electron chi connectivity index (χ4n) is 0.350. The fraction of sp³-hybridized carbons (Fsp3) is 0. The van der Waals surface area contributed by atoms with Crippen LogP contribution >= 0.6 is 38.1 Å². The van der Waals surface area contributed by atoms with Gasteiger partial charge >= 0.3 is 0 Å². The molecule has 0 N–H and O–H groups in total. The minimum atomic E-state index is 0.554. The van der Waals surface area contributed by atoms with E-state index in [1.165, 1.54) is 3.97 Å². The number of rotatable bonds is 0. The quantitative estimate of drug-likeness (QED) is 0.491. The van der Waals surface area contributed by atoms with E-state index in [0.717, 1.165) is 0 Å². The molecule has 0 amide bonds. The maximum absolute atomic E-state index is 3.95. The molecule has 1 rings (SSSR count). The lowest BCUT2D eigenvalue weighted by atomic mass is 11.0. The highest BCUT2D eigenvalue weighted by atomic mass is 32.1. The minimum Gasteiger partial charge on any atom is -0.270 e. The van der Waals surface area contributed by atoms with Gasteiger partial charge in [0.2, 0.25) is 0 Å². The van der Waals surface area contributed by atoms with Crippen molar-refractivity contribution in [3.8, 4) is 0 Å². The van der Waals surface area contributed by atoms with E-state index >= 15 is 0 Å². The summed E-state index contributed by atoms with van der Waals surface area (Å²) in [7, 11) is 0. The molecule has 5 heteroatoms. The van der Waals surface area contributed by atoms with E-state index in [0.29, 0.717) is 10.2 Å². The predicted molar refractivity (Wildman–Crippen MR) is 41.1 cm³/mol. The van der Waals surface area contributed by atoms with Crippen LogP contribution in [0.5, 0.6) is 0 Å². The fourth-order valence-corrected chi connectivity index (χ4v) is 1.05. The van der Waals surface area contributed by atoms with Crippen LogP contribution in [0.3, 0.4) is 0 Å². The second kappa shape index (κ2) is 2.24. The topological polar surface area (TPSA) is 17.8 Å². The summed E-state index contributed by atoms with van der Waals surface area (Å²) < 4.78 is 1.49. The molecule has 0 aliphatic carbocycles. The van der Waals surface area contributed by atoms with Crippen LogP contribution < -0.4 is 0 Å². The molecule has 0 aliphatic heterocycles. The first-order valence-corrected chi connectivity index (χ1v) is 3.16. The highest BCUT2D eigenvalue weighted by molar-refractivity contribution is 7.82. The Kier molecular flexibility index (Phi) is 1.79. The Balaban J connectivity index is 3.14. The van der Waals surface area contributed by atoms with Gasteiger partial charge in [0.25, 0.3) is 0 Å². The molecule has 0 atom stereocenters. The van der Waals surface area contributed by atoms with Gasteiger partial charge in [0.1, 0.15) is 5.03 Å². The summed E-state index contributed by atoms with van der Waals surface area (Å²) in [5.74, 6) is 0. The molecule has 0 spiro atoms. The second-order valence-electron chi connectivity index (χ2n) is 1.24. The van der Waals surface area contributed by atoms with Gasteiger partial charge < -0.3 is 0 Å². The van der Waals surface area contributed by atoms with Crippen LogP contribution in [0.2, 0.25) is 0 Å². The smallest absolute Gasteiger partial charge is 0.176 e. The van der Waals surface area contributed by atoms with Crippen molar-refractivity contribution >= 4 is 38.1 Å². The van der Waals surface area contributed by atoms with Crippen LogP contribution in [-0.4, -0.2) is 8.96 Å². The molecule has 1 heterocycles. The Morgan fingerprint density at radius 1 is 1.50 bits per heavy atom. The zero-order valence-electron chi connectivity index (χ0n) is 3.81. The van der Waals surface area contributed by atoms with E-state index in [2.05, 4.69) is 43.1 Å². The zero-order valence-corrected chi connectivity index (χ0v) is 6.50. The molecule has 8 heavy (non-hydrogen) atoms. The normalized spacial score (nSPS) is 9.88. The lowest BCUT2D eigenvalue weighted by Crippen LogP contribution is -1.74. The summed E-state index contributed by atoms with van der Waals surface area (Å²) in [5, 5.41) is 1.18. The highest BCUT2D eigenvalue weighted by Crippen LogP contribution is 2.10. The molecule has 1 aromatic heterocycles. The van der Waals surface area contributed by atoms with Gasteiger partial charge in [0.05, 0.1) is 6.20 Å². The number of aromatic nitrogens is 2. The first-order valence-electron chi connectivity index (χ1n) is 1.86. The minimum absolute atomic E-state index is 0.554. The van der Waals surface area contributed by atoms with E-state index in [9.17, 15) is 0 Å². The molecule has 0 unspecified atom stereocenters. The number of thiol groups is 3. The van der Waals surface area contributed by atoms with Crippen molar-refractivity contribution in [2.75, 3.05) is 0 Å². The number of imidazole rings is 1. The van der Waals surface area contributed by atoms with Crippen molar-refractivity contribution in [3.05, 3.63) is 6.20 Å². The molecule has 0 bridgehead atoms. The monoisotopic (exact) mass is 164 g/mol. The summed E-state index contributed by atoms with van der Waals surface area (Å²) >= 11 is 11.8. The summed E-state index contributed by atoms with van der Waals surface area (Å²) in [6.45, 7) is 0. The number of hydrogen-bond acceptors (Lipinski definition) is 4. The predicted octanol–water partition coefficient (Wildman–Crippen LogP) is 1.15. The van der Waals surface area contributed by atoms with Crippen molar-refractivity contribution in [1.29, 1.82) is 0 Å². The summed E-state index contributed by atoms with van der Waals surface area (Å²) in [6.07, 6.45) is 1.66. The Morgan fingerprint density at radius 3 is 2.25 bits per heavy atom. The highest BCUT2D eigenvalue weighted by Gasteiger charge is 1.94. The van der Waals surface area contributed by atoms with Crippen LogP contribution in [0, 0.1) is 0 Å². The molecule has 0 aromatic carbocycles. The summed E-state index contributed by atoms with van der Waals surface area (Å²) in [6, 6.07) is 0. The molecule has 0 radical (unpaired) electrons. The zero-order chi connectivity index (χ0) is 6.15. The summed E-state index contributed by atoms with van der Waals surface area (Å²) in [5.41, 5.74) is 0. The van der Waals surface area contributed by atoms with Gasteiger partial charge in [-0.25, -0.2) is 4.98 Å². The second-order valence-corrected chi connectivity index (χ2v) is 2.53. The molecule has 0 saturated heterocycles. The van der Waals surface area contributed by atoms with Gasteiger partial charge in [-0.3, -0.25) is 3.97 Å². The van der Waals surface area contributed by atoms with Crippen molar-refractivity contribution in [1.82, 2.24) is 8.96 Å². The van der Waals surface area contributed by atoms with Crippen LogP contribution in [0.15, 0.2) is 16.4 Å². The molecule has 1 aromatic rings. The van der Waals surface area contributed by atoms with E-state index in [1.54, 1.807) is 6.20 Å². The van der Waals surface area contributed by atoms with Gasteiger partial charge in [-0.15, -0.1) is 25.3 Å². The van der Waals surface area contributed by atoms with Gasteiger partial charge in [-0.2, -0.15) is 0 Å². The van der Waals surface area contributed by atoms with E-state index in [1.807, 2.05) is 0 Å². The Hall–Kier alpha value is 0.260. The largest absolute Gasteiger partial charge is 0.270 e. The molecular formula is C3H4N2S3. The molecule has 0 fully saturated rings. The Morgan fingerprint density at radius 2 is 2.12 bits per heavy atom. The van der Waals surface area contributed by atoms with Crippen molar-refractivity contribution < 1.29 is 0 Å². The third-order valence-corrected chi connectivity index (χ3v) is 1.65. The van der Waals surface area contributed by atoms with Crippen LogP contribution in [0.25, 0.3) is 0 Å². The average Bonchev–Trinajstić information content (AvgIpc) is 1.85. The van der Waals surface area contributed by atoms with Crippen molar-refractivity contribution in [2.24, 2.45) is 0 Å². The van der Waals surface area contributed by atoms with Gasteiger partial charge in [-0.1, -0.05) is 12.8 Å². The lowest BCUT2D eigenvalue weighted by molar-refractivity contribution is 0.996. The SMILES string of the molecule is Sc1cn(S)c(S)n1. The Labute approximate surface area is 63.7 Å². The molecule has 0 saturated carbocycles. The molecule has 0 aliphatic rings. The van der Waals surface area contributed by atoms with Crippen molar-refractivity contribution in [3.63, 3.8) is 0 Å². The first kappa shape index (κ1) is 6.38. The van der Waals surface area contributed by atoms with Crippen LogP contribution in [0.1, 0.15) is 0 Å². The van der Waals surface area contributed by atoms with Gasteiger partial charge in [0.15, 0.2) is 5.16 Å². The number of hydrogen-bond donors (Lipinski definition) is 3. The first-order chi connectivity index (χ1) is 3.70.